The van der Waals surface area contributed by atoms with Gasteiger partial charge in [-0.1, -0.05) is 12.2 Å². The molecule has 0 aromatic rings. The first-order chi connectivity index (χ1) is 3.66. The van der Waals surface area contributed by atoms with E-state index in [0.717, 1.165) is 11.3 Å². The van der Waals surface area contributed by atoms with Crippen LogP contribution in [0.4, 0.5) is 0 Å². The lowest BCUT2D eigenvalue weighted by molar-refractivity contribution is -0.116. The molecule has 8 heavy (non-hydrogen) atoms. The number of hydrogen-bond donors (Lipinski definition) is 0. The van der Waals surface area contributed by atoms with E-state index in [1.165, 1.54) is 4.90 Å². The highest BCUT2D eigenvalue weighted by Crippen LogP contribution is 1.78. The number of hydrogen-bond acceptors (Lipinski definition) is 2. The lowest BCUT2D eigenvalue weighted by Crippen LogP contribution is -2.21. The normalized spacial score (nSPS) is 8.25. The molecule has 3 heteroatoms. The zero-order valence-corrected chi connectivity index (χ0v) is 5.86. The maximum Gasteiger partial charge on any atom is 0.209 e. The molecule has 0 aromatic heterocycles. The number of carbonyl (C=O) groups is 1. The average molecular weight is 131 g/mol. The molecule has 0 saturated heterocycles. The fourth-order valence-corrected chi connectivity index (χ4v) is 0.592. The van der Waals surface area contributed by atoms with Crippen molar-refractivity contribution in [3.05, 3.63) is 0 Å². The molecule has 0 spiro atoms. The Morgan fingerprint density at radius 3 is 2.50 bits per heavy atom. The van der Waals surface area contributed by atoms with Crippen LogP contribution in [0.25, 0.3) is 0 Å². The predicted molar refractivity (Wildman–Crippen MR) is 37.0 cm³/mol. The van der Waals surface area contributed by atoms with Crippen LogP contribution in [0.3, 0.4) is 0 Å². The maximum atomic E-state index is 9.91. The number of carbonyl (C=O) groups excluding carboxylic acids is 1. The third-order valence-electron chi connectivity index (χ3n) is 0.652. The monoisotopic (exact) mass is 131 g/mol. The molecule has 2 nitrogen and oxygen atoms in total. The second-order valence-electron chi connectivity index (χ2n) is 1.72. The molecule has 46 valence electrons. The van der Waals surface area contributed by atoms with Crippen molar-refractivity contribution in [3.63, 3.8) is 0 Å². The van der Waals surface area contributed by atoms with Gasteiger partial charge in [0.25, 0.3) is 0 Å². The van der Waals surface area contributed by atoms with Crippen LogP contribution >= 0.6 is 12.2 Å². The van der Waals surface area contributed by atoms with Gasteiger partial charge in [-0.25, -0.2) is 0 Å². The molecule has 0 heterocycles. The predicted octanol–water partition coefficient (Wildman–Crippen LogP) is 0.464. The third kappa shape index (κ3) is 3.74. The van der Waals surface area contributed by atoms with Gasteiger partial charge in [0, 0.05) is 11.9 Å². The molecule has 0 aliphatic carbocycles. The van der Waals surface area contributed by atoms with Crippen molar-refractivity contribution >= 4 is 23.5 Å². The average Bonchev–Trinajstić information content (AvgIpc) is 1.65. The molecule has 0 bridgehead atoms. The topological polar surface area (TPSA) is 20.3 Å². The van der Waals surface area contributed by atoms with E-state index in [9.17, 15) is 4.79 Å². The first kappa shape index (κ1) is 7.56. The van der Waals surface area contributed by atoms with Crippen molar-refractivity contribution < 1.29 is 4.79 Å². The molecule has 0 fully saturated rings. The van der Waals surface area contributed by atoms with E-state index in [4.69, 9.17) is 12.2 Å². The quantitative estimate of drug-likeness (QED) is 0.410. The van der Waals surface area contributed by atoms with Crippen molar-refractivity contribution in [1.82, 2.24) is 4.90 Å². The van der Waals surface area contributed by atoms with Gasteiger partial charge in [-0.05, 0) is 6.92 Å². The van der Waals surface area contributed by atoms with Gasteiger partial charge in [0.15, 0.2) is 0 Å². The minimum absolute atomic E-state index is 0.582. The van der Waals surface area contributed by atoms with E-state index in [-0.39, 0.29) is 0 Å². The summed E-state index contributed by atoms with van der Waals surface area (Å²) in [4.78, 5) is 12.2. The SMILES string of the molecule is CC(=S)CN(C)C=O. The molecule has 0 radical (unpaired) electrons. The summed E-state index contributed by atoms with van der Waals surface area (Å²) in [5.41, 5.74) is 0. The largest absolute Gasteiger partial charge is 0.343 e. The van der Waals surface area contributed by atoms with Crippen molar-refractivity contribution in [1.29, 1.82) is 0 Å². The van der Waals surface area contributed by atoms with E-state index in [2.05, 4.69) is 0 Å². The zero-order valence-electron chi connectivity index (χ0n) is 5.05. The Balaban J connectivity index is 3.38. The van der Waals surface area contributed by atoms with Gasteiger partial charge in [-0.15, -0.1) is 0 Å². The smallest absolute Gasteiger partial charge is 0.209 e. The first-order valence-corrected chi connectivity index (χ1v) is 2.72. The summed E-state index contributed by atoms with van der Waals surface area (Å²) in [7, 11) is 1.70. The molecular formula is C5H9NOS. The van der Waals surface area contributed by atoms with Gasteiger partial charge >= 0.3 is 0 Å². The minimum atomic E-state index is 0.582. The van der Waals surface area contributed by atoms with E-state index in [0.29, 0.717) is 6.54 Å². The summed E-state index contributed by atoms with van der Waals surface area (Å²) in [5.74, 6) is 0. The van der Waals surface area contributed by atoms with Crippen molar-refractivity contribution in [2.45, 2.75) is 6.92 Å². The Labute approximate surface area is 54.5 Å². The number of nitrogens with zero attached hydrogens (tertiary/aromatic N) is 1. The van der Waals surface area contributed by atoms with Gasteiger partial charge in [0.1, 0.15) is 0 Å². The third-order valence-corrected chi connectivity index (χ3v) is 0.781. The van der Waals surface area contributed by atoms with E-state index in [1.807, 2.05) is 6.92 Å². The van der Waals surface area contributed by atoms with Gasteiger partial charge in [-0.3, -0.25) is 4.79 Å². The summed E-state index contributed by atoms with van der Waals surface area (Å²) >= 11 is 4.74. The number of thiocarbonyl (C=S) groups is 1. The summed E-state index contributed by atoms with van der Waals surface area (Å²) < 4.78 is 0. The fourth-order valence-electron chi connectivity index (χ4n) is 0.388. The molecule has 1 amide bonds. The molecule has 0 aromatic carbocycles. The maximum absolute atomic E-state index is 9.91. The molecule has 0 saturated carbocycles. The number of rotatable bonds is 3. The molecule has 0 aliphatic heterocycles. The fraction of sp³-hybridized carbons (Fsp3) is 0.600. The van der Waals surface area contributed by atoms with E-state index >= 15 is 0 Å². The second-order valence-corrected chi connectivity index (χ2v) is 2.42. The Morgan fingerprint density at radius 1 is 1.88 bits per heavy atom. The van der Waals surface area contributed by atoms with Gasteiger partial charge in [-0.2, -0.15) is 0 Å². The molecule has 0 aliphatic rings. The van der Waals surface area contributed by atoms with Crippen molar-refractivity contribution in [2.24, 2.45) is 0 Å². The Hall–Kier alpha value is -0.440. The standard InChI is InChI=1S/C5H9NOS/c1-5(8)3-6(2)4-7/h4H,3H2,1-2H3. The Bertz CT molecular complexity index is 103. The second kappa shape index (κ2) is 3.55. The van der Waals surface area contributed by atoms with Crippen LogP contribution < -0.4 is 0 Å². The van der Waals surface area contributed by atoms with Crippen LogP contribution in [0, 0.1) is 0 Å². The molecule has 0 N–H and O–H groups in total. The minimum Gasteiger partial charge on any atom is -0.343 e. The summed E-state index contributed by atoms with van der Waals surface area (Å²) in [6.45, 7) is 2.40. The van der Waals surface area contributed by atoms with Gasteiger partial charge in [0.2, 0.25) is 6.41 Å². The molecule has 0 atom stereocenters. The van der Waals surface area contributed by atoms with Crippen molar-refractivity contribution in [3.8, 4) is 0 Å². The first-order valence-electron chi connectivity index (χ1n) is 2.32. The van der Waals surface area contributed by atoms with E-state index in [1.54, 1.807) is 7.05 Å². The van der Waals surface area contributed by atoms with Crippen molar-refractivity contribution in [2.75, 3.05) is 13.6 Å². The van der Waals surface area contributed by atoms with Crippen LogP contribution in [0.1, 0.15) is 6.92 Å². The zero-order chi connectivity index (χ0) is 6.57. The van der Waals surface area contributed by atoms with Crippen LogP contribution in [-0.2, 0) is 4.79 Å². The summed E-state index contributed by atoms with van der Waals surface area (Å²) in [6.07, 6.45) is 0.760. The summed E-state index contributed by atoms with van der Waals surface area (Å²) in [6, 6.07) is 0. The number of amides is 1. The molecule has 0 rings (SSSR count). The highest BCUT2D eigenvalue weighted by Gasteiger charge is 1.91. The van der Waals surface area contributed by atoms with E-state index < -0.39 is 0 Å². The highest BCUT2D eigenvalue weighted by atomic mass is 32.1. The Morgan fingerprint density at radius 2 is 2.38 bits per heavy atom. The van der Waals surface area contributed by atoms with Crippen LogP contribution in [0.2, 0.25) is 0 Å². The highest BCUT2D eigenvalue weighted by molar-refractivity contribution is 7.80. The summed E-state index contributed by atoms with van der Waals surface area (Å²) in [5, 5.41) is 0. The molecule has 0 unspecified atom stereocenters. The lowest BCUT2D eigenvalue weighted by atomic mass is 10.5. The van der Waals surface area contributed by atoms with Gasteiger partial charge in [0.05, 0.1) is 6.54 Å². The Kier molecular flexibility index (Phi) is 3.35. The lowest BCUT2D eigenvalue weighted by Gasteiger charge is -2.06. The molecular weight excluding hydrogens is 122 g/mol. The van der Waals surface area contributed by atoms with Crippen LogP contribution in [-0.4, -0.2) is 29.8 Å². The van der Waals surface area contributed by atoms with Crippen LogP contribution in [0.15, 0.2) is 0 Å². The van der Waals surface area contributed by atoms with Gasteiger partial charge < -0.3 is 4.90 Å². The van der Waals surface area contributed by atoms with Crippen LogP contribution in [0.5, 0.6) is 0 Å².